The maximum atomic E-state index is 12.5. The van der Waals surface area contributed by atoms with Crippen LogP contribution in [0.15, 0.2) is 0 Å². The van der Waals surface area contributed by atoms with Crippen molar-refractivity contribution in [1.29, 1.82) is 0 Å². The number of hydrogen-bond acceptors (Lipinski definition) is 3. The summed E-state index contributed by atoms with van der Waals surface area (Å²) < 4.78 is 29.4. The van der Waals surface area contributed by atoms with Crippen molar-refractivity contribution >= 4 is 10.2 Å². The van der Waals surface area contributed by atoms with Crippen LogP contribution in [0.25, 0.3) is 0 Å². The molecule has 1 aliphatic rings. The molecule has 6 heteroatoms. The molecule has 0 bridgehead atoms. The molecule has 1 rings (SSSR count). The third kappa shape index (κ3) is 5.31. The lowest BCUT2D eigenvalue weighted by Crippen LogP contribution is -2.53. The minimum absolute atomic E-state index is 0.0931. The Balaban J connectivity index is 2.62. The van der Waals surface area contributed by atoms with Gasteiger partial charge in [-0.05, 0) is 31.2 Å². The van der Waals surface area contributed by atoms with E-state index in [2.05, 4.69) is 30.8 Å². The highest BCUT2D eigenvalue weighted by atomic mass is 32.2. The minimum atomic E-state index is -3.35. The van der Waals surface area contributed by atoms with Gasteiger partial charge in [-0.25, -0.2) is 4.72 Å². The highest BCUT2D eigenvalue weighted by Crippen LogP contribution is 2.19. The maximum Gasteiger partial charge on any atom is 0.279 e. The zero-order chi connectivity index (χ0) is 15.2. The number of piperidine rings is 1. The second-order valence-corrected chi connectivity index (χ2v) is 7.85. The van der Waals surface area contributed by atoms with E-state index in [4.69, 9.17) is 0 Å². The second kappa shape index (κ2) is 8.32. The summed E-state index contributed by atoms with van der Waals surface area (Å²) in [5.41, 5.74) is 0. The van der Waals surface area contributed by atoms with E-state index in [1.54, 1.807) is 4.31 Å². The number of nitrogens with zero attached hydrogens (tertiary/aromatic N) is 1. The van der Waals surface area contributed by atoms with Gasteiger partial charge in [-0.15, -0.1) is 0 Å². The Labute approximate surface area is 124 Å². The molecule has 1 saturated heterocycles. The second-order valence-electron chi connectivity index (χ2n) is 6.14. The Morgan fingerprint density at radius 2 is 1.95 bits per heavy atom. The van der Waals surface area contributed by atoms with Crippen molar-refractivity contribution in [2.75, 3.05) is 26.2 Å². The van der Waals surface area contributed by atoms with Crippen LogP contribution in [0.5, 0.6) is 0 Å². The lowest BCUT2D eigenvalue weighted by molar-refractivity contribution is 0.242. The van der Waals surface area contributed by atoms with Crippen LogP contribution in [0.1, 0.15) is 47.0 Å². The lowest BCUT2D eigenvalue weighted by Gasteiger charge is -2.35. The smallest absolute Gasteiger partial charge is 0.279 e. The standard InChI is InChI=1S/C14H31N3O2S/c1-5-15-11-14-8-6-7-9-17(14)20(18,19)16-10-13(4)12(2)3/h12-16H,5-11H2,1-4H3. The predicted octanol–water partition coefficient (Wildman–Crippen LogP) is 1.58. The van der Waals surface area contributed by atoms with Gasteiger partial charge in [0.2, 0.25) is 0 Å². The van der Waals surface area contributed by atoms with Gasteiger partial charge in [0.15, 0.2) is 0 Å². The summed E-state index contributed by atoms with van der Waals surface area (Å²) >= 11 is 0. The molecule has 0 spiro atoms. The van der Waals surface area contributed by atoms with Crippen molar-refractivity contribution in [1.82, 2.24) is 14.3 Å². The fourth-order valence-corrected chi connectivity index (χ4v) is 3.94. The number of hydrogen-bond donors (Lipinski definition) is 2. The minimum Gasteiger partial charge on any atom is -0.315 e. The molecule has 1 aliphatic heterocycles. The number of likely N-dealkylation sites (N-methyl/N-ethyl adjacent to an activating group) is 1. The zero-order valence-electron chi connectivity index (χ0n) is 13.4. The molecule has 2 N–H and O–H groups in total. The van der Waals surface area contributed by atoms with Gasteiger partial charge in [0, 0.05) is 25.7 Å². The van der Waals surface area contributed by atoms with Gasteiger partial charge in [0.25, 0.3) is 10.2 Å². The summed E-state index contributed by atoms with van der Waals surface area (Å²) in [5.74, 6) is 0.832. The molecule has 0 saturated carbocycles. The van der Waals surface area contributed by atoms with Crippen molar-refractivity contribution in [2.45, 2.75) is 53.0 Å². The van der Waals surface area contributed by atoms with Crippen molar-refractivity contribution in [2.24, 2.45) is 11.8 Å². The van der Waals surface area contributed by atoms with E-state index in [9.17, 15) is 8.42 Å². The molecule has 1 fully saturated rings. The summed E-state index contributed by atoms with van der Waals surface area (Å²) in [6, 6.07) is 0.0931. The molecule has 5 nitrogen and oxygen atoms in total. The van der Waals surface area contributed by atoms with E-state index in [1.807, 2.05) is 6.92 Å². The Bertz CT molecular complexity index is 371. The van der Waals surface area contributed by atoms with E-state index < -0.39 is 10.2 Å². The first-order valence-corrected chi connectivity index (χ1v) is 9.29. The van der Waals surface area contributed by atoms with Crippen LogP contribution in [0.3, 0.4) is 0 Å². The molecular formula is C14H31N3O2S. The van der Waals surface area contributed by atoms with Crippen molar-refractivity contribution < 1.29 is 8.42 Å². The van der Waals surface area contributed by atoms with Crippen LogP contribution in [-0.4, -0.2) is 44.9 Å². The van der Waals surface area contributed by atoms with Crippen LogP contribution in [0.2, 0.25) is 0 Å². The van der Waals surface area contributed by atoms with Gasteiger partial charge in [-0.2, -0.15) is 12.7 Å². The van der Waals surface area contributed by atoms with Crippen molar-refractivity contribution in [3.05, 3.63) is 0 Å². The maximum absolute atomic E-state index is 12.5. The summed E-state index contributed by atoms with van der Waals surface area (Å²) in [6.45, 7) is 11.1. The third-order valence-electron chi connectivity index (χ3n) is 4.24. The Morgan fingerprint density at radius 3 is 2.55 bits per heavy atom. The summed E-state index contributed by atoms with van der Waals surface area (Å²) in [5, 5.41) is 3.27. The molecule has 0 aromatic rings. The Hall–Kier alpha value is -0.170. The fraction of sp³-hybridized carbons (Fsp3) is 1.00. The van der Waals surface area contributed by atoms with Crippen molar-refractivity contribution in [3.8, 4) is 0 Å². The Morgan fingerprint density at radius 1 is 1.25 bits per heavy atom. The van der Waals surface area contributed by atoms with Crippen molar-refractivity contribution in [3.63, 3.8) is 0 Å². The molecule has 0 aromatic carbocycles. The summed E-state index contributed by atoms with van der Waals surface area (Å²) in [4.78, 5) is 0. The van der Waals surface area contributed by atoms with Gasteiger partial charge < -0.3 is 5.32 Å². The molecule has 1 heterocycles. The quantitative estimate of drug-likeness (QED) is 0.716. The topological polar surface area (TPSA) is 61.4 Å². The molecular weight excluding hydrogens is 274 g/mol. The predicted molar refractivity (Wildman–Crippen MR) is 83.8 cm³/mol. The lowest BCUT2D eigenvalue weighted by atomic mass is 9.99. The first-order chi connectivity index (χ1) is 9.38. The van der Waals surface area contributed by atoms with Crippen LogP contribution < -0.4 is 10.0 Å². The van der Waals surface area contributed by atoms with Gasteiger partial charge in [-0.3, -0.25) is 0 Å². The largest absolute Gasteiger partial charge is 0.315 e. The van der Waals surface area contributed by atoms with E-state index in [1.165, 1.54) is 0 Å². The zero-order valence-corrected chi connectivity index (χ0v) is 14.2. The monoisotopic (exact) mass is 305 g/mol. The van der Waals surface area contributed by atoms with Crippen LogP contribution in [-0.2, 0) is 10.2 Å². The van der Waals surface area contributed by atoms with Crippen LogP contribution in [0.4, 0.5) is 0 Å². The highest BCUT2D eigenvalue weighted by molar-refractivity contribution is 7.87. The summed E-state index contributed by atoms with van der Waals surface area (Å²) in [7, 11) is -3.35. The normalized spacial score (nSPS) is 23.1. The number of rotatable bonds is 8. The van der Waals surface area contributed by atoms with Gasteiger partial charge >= 0.3 is 0 Å². The molecule has 0 amide bonds. The van der Waals surface area contributed by atoms with E-state index >= 15 is 0 Å². The molecule has 120 valence electrons. The summed E-state index contributed by atoms with van der Waals surface area (Å²) in [6.07, 6.45) is 3.03. The van der Waals surface area contributed by atoms with Gasteiger partial charge in [0.05, 0.1) is 0 Å². The number of nitrogens with one attached hydrogen (secondary N) is 2. The van der Waals surface area contributed by atoms with Gasteiger partial charge in [-0.1, -0.05) is 34.1 Å². The molecule has 0 aliphatic carbocycles. The average molecular weight is 305 g/mol. The van der Waals surface area contributed by atoms with E-state index in [0.717, 1.165) is 32.4 Å². The first kappa shape index (κ1) is 17.9. The highest BCUT2D eigenvalue weighted by Gasteiger charge is 2.31. The first-order valence-electron chi connectivity index (χ1n) is 7.85. The molecule has 0 aromatic heterocycles. The van der Waals surface area contributed by atoms with Crippen LogP contribution >= 0.6 is 0 Å². The molecule has 2 atom stereocenters. The SMILES string of the molecule is CCNCC1CCCCN1S(=O)(=O)NCC(C)C(C)C. The Kier molecular flexibility index (Phi) is 7.43. The molecule has 2 unspecified atom stereocenters. The fourth-order valence-electron chi connectivity index (χ4n) is 2.36. The molecule has 0 radical (unpaired) electrons. The average Bonchev–Trinajstić information content (AvgIpc) is 2.42. The van der Waals surface area contributed by atoms with E-state index in [0.29, 0.717) is 24.9 Å². The van der Waals surface area contributed by atoms with E-state index in [-0.39, 0.29) is 6.04 Å². The third-order valence-corrected chi connectivity index (χ3v) is 5.87. The molecule has 20 heavy (non-hydrogen) atoms. The van der Waals surface area contributed by atoms with Gasteiger partial charge in [0.1, 0.15) is 0 Å². The van der Waals surface area contributed by atoms with Crippen LogP contribution in [0, 0.1) is 11.8 Å².